The van der Waals surface area contributed by atoms with Gasteiger partial charge >= 0.3 is 12.2 Å². The molecule has 3 saturated heterocycles. The highest BCUT2D eigenvalue weighted by Crippen LogP contribution is 2.40. The fourth-order valence-corrected chi connectivity index (χ4v) is 6.47. The third-order valence-corrected chi connectivity index (χ3v) is 8.11. The van der Waals surface area contributed by atoms with Gasteiger partial charge in [-0.2, -0.15) is 0 Å². The van der Waals surface area contributed by atoms with E-state index in [0.29, 0.717) is 18.4 Å². The van der Waals surface area contributed by atoms with Gasteiger partial charge in [-0.05, 0) is 83.7 Å². The number of carbonyl (C=O) groups excluding carboxylic acids is 2. The van der Waals surface area contributed by atoms with E-state index < -0.39 is 0 Å². The fourth-order valence-electron chi connectivity index (χ4n) is 6.47. The minimum absolute atomic E-state index is 0.0163. The molecule has 1 aliphatic carbocycles. The number of carbonyl (C=O) groups is 2. The van der Waals surface area contributed by atoms with Gasteiger partial charge in [-0.3, -0.25) is 10.3 Å². The molecule has 9 heteroatoms. The van der Waals surface area contributed by atoms with Crippen LogP contribution in [0.25, 0.3) is 0 Å². The maximum Gasteiger partial charge on any atom is 0.410 e. The third kappa shape index (κ3) is 5.57. The molecular formula is C24H43N5O4. The van der Waals surface area contributed by atoms with Gasteiger partial charge in [0.2, 0.25) is 0 Å². The molecule has 0 radical (unpaired) electrons. The first-order chi connectivity index (χ1) is 15.9. The summed E-state index contributed by atoms with van der Waals surface area (Å²) in [5.41, 5.74) is 3.65. The maximum absolute atomic E-state index is 13.0. The molecule has 0 aromatic rings. The van der Waals surface area contributed by atoms with E-state index in [2.05, 4.69) is 15.8 Å². The van der Waals surface area contributed by atoms with Crippen LogP contribution in [0.5, 0.6) is 0 Å². The van der Waals surface area contributed by atoms with Crippen LogP contribution in [0, 0.1) is 17.8 Å². The van der Waals surface area contributed by atoms with Gasteiger partial charge in [0.1, 0.15) is 0 Å². The Morgan fingerprint density at radius 1 is 1.00 bits per heavy atom. The van der Waals surface area contributed by atoms with Crippen molar-refractivity contribution in [3.05, 3.63) is 0 Å². The third-order valence-electron chi connectivity index (χ3n) is 8.11. The van der Waals surface area contributed by atoms with E-state index in [1.807, 2.05) is 30.6 Å². The van der Waals surface area contributed by atoms with Gasteiger partial charge in [0.15, 0.2) is 0 Å². The number of piperidine rings is 1. The summed E-state index contributed by atoms with van der Waals surface area (Å²) in [6.45, 7) is 11.7. The van der Waals surface area contributed by atoms with Crippen LogP contribution in [0.3, 0.4) is 0 Å². The van der Waals surface area contributed by atoms with Gasteiger partial charge in [0, 0.05) is 26.2 Å². The van der Waals surface area contributed by atoms with E-state index >= 15 is 0 Å². The minimum Gasteiger partial charge on any atom is -0.453 e. The second kappa shape index (κ2) is 10.8. The fraction of sp³-hybridized carbons (Fsp3) is 0.917. The molecule has 4 rings (SSSR count). The van der Waals surface area contributed by atoms with Crippen LogP contribution < -0.4 is 10.7 Å². The Kier molecular flexibility index (Phi) is 8.02. The summed E-state index contributed by atoms with van der Waals surface area (Å²) in [5.74, 6) is 1.86. The summed E-state index contributed by atoms with van der Waals surface area (Å²) in [7, 11) is 1.44. The maximum atomic E-state index is 13.0. The number of hydrogen-bond donors (Lipinski definition) is 2. The van der Waals surface area contributed by atoms with Crippen molar-refractivity contribution in [2.45, 2.75) is 77.1 Å². The molecule has 1 saturated carbocycles. The van der Waals surface area contributed by atoms with Crippen molar-refractivity contribution in [2.75, 3.05) is 46.4 Å². The number of amides is 2. The van der Waals surface area contributed by atoms with Crippen LogP contribution in [-0.2, 0) is 9.47 Å². The lowest BCUT2D eigenvalue weighted by atomic mass is 9.73. The van der Waals surface area contributed by atoms with Crippen LogP contribution >= 0.6 is 0 Å². The number of ether oxygens (including phenoxy) is 2. The lowest BCUT2D eigenvalue weighted by Gasteiger charge is -2.53. The van der Waals surface area contributed by atoms with Crippen molar-refractivity contribution in [2.24, 2.45) is 17.8 Å². The highest BCUT2D eigenvalue weighted by atomic mass is 16.6. The van der Waals surface area contributed by atoms with E-state index in [0.717, 1.165) is 57.9 Å². The van der Waals surface area contributed by atoms with Gasteiger partial charge < -0.3 is 19.7 Å². The summed E-state index contributed by atoms with van der Waals surface area (Å²) in [5, 5.41) is 5.88. The molecule has 188 valence electrons. The van der Waals surface area contributed by atoms with Crippen LogP contribution in [0.4, 0.5) is 9.59 Å². The predicted molar refractivity (Wildman–Crippen MR) is 126 cm³/mol. The molecule has 0 aromatic carbocycles. The molecule has 9 nitrogen and oxygen atoms in total. The monoisotopic (exact) mass is 465 g/mol. The SMILES string of the molecule is COC(=O)N1C2CCC(C3CNN(CC4CCNCC4)C3)CC2N(C(=O)OC(C)C)C[C@@H]1C. The Morgan fingerprint density at radius 2 is 1.76 bits per heavy atom. The van der Waals surface area contributed by atoms with Gasteiger partial charge in [0.25, 0.3) is 0 Å². The topological polar surface area (TPSA) is 86.4 Å². The Balaban J connectivity index is 1.43. The van der Waals surface area contributed by atoms with E-state index in [1.54, 1.807) is 0 Å². The zero-order valence-corrected chi connectivity index (χ0v) is 20.8. The van der Waals surface area contributed by atoms with Gasteiger partial charge in [-0.15, -0.1) is 0 Å². The van der Waals surface area contributed by atoms with Crippen LogP contribution in [-0.4, -0.2) is 97.6 Å². The normalized spacial score (nSPS) is 33.8. The van der Waals surface area contributed by atoms with Gasteiger partial charge in [0.05, 0.1) is 31.3 Å². The molecule has 4 fully saturated rings. The summed E-state index contributed by atoms with van der Waals surface area (Å²) in [6.07, 6.45) is 4.68. The van der Waals surface area contributed by atoms with Crippen molar-refractivity contribution < 1.29 is 19.1 Å². The van der Waals surface area contributed by atoms with Gasteiger partial charge in [-0.1, -0.05) is 0 Å². The number of piperazine rings is 1. The van der Waals surface area contributed by atoms with Crippen molar-refractivity contribution in [1.29, 1.82) is 0 Å². The largest absolute Gasteiger partial charge is 0.453 e. The summed E-state index contributed by atoms with van der Waals surface area (Å²) in [6, 6.07) is -0.135. The Morgan fingerprint density at radius 3 is 2.45 bits per heavy atom. The van der Waals surface area contributed by atoms with E-state index in [1.165, 1.54) is 20.0 Å². The Bertz CT molecular complexity index is 686. The van der Waals surface area contributed by atoms with Crippen molar-refractivity contribution in [3.8, 4) is 0 Å². The molecule has 4 aliphatic rings. The molecule has 0 spiro atoms. The van der Waals surface area contributed by atoms with Crippen LogP contribution in [0.1, 0.15) is 52.9 Å². The average molecular weight is 466 g/mol. The van der Waals surface area contributed by atoms with E-state index in [9.17, 15) is 9.59 Å². The quantitative estimate of drug-likeness (QED) is 0.659. The molecule has 0 aromatic heterocycles. The molecule has 3 aliphatic heterocycles. The average Bonchev–Trinajstić information content (AvgIpc) is 3.26. The Hall–Kier alpha value is -1.58. The number of nitrogens with one attached hydrogen (secondary N) is 2. The lowest BCUT2D eigenvalue weighted by molar-refractivity contribution is -0.0444. The summed E-state index contributed by atoms with van der Waals surface area (Å²) >= 11 is 0. The lowest BCUT2D eigenvalue weighted by Crippen LogP contribution is -2.67. The van der Waals surface area contributed by atoms with Crippen molar-refractivity contribution in [3.63, 3.8) is 0 Å². The van der Waals surface area contributed by atoms with E-state index in [4.69, 9.17) is 9.47 Å². The zero-order chi connectivity index (χ0) is 23.5. The molecule has 2 amide bonds. The number of methoxy groups -OCH3 is 1. The molecule has 2 N–H and O–H groups in total. The van der Waals surface area contributed by atoms with Crippen LogP contribution in [0.2, 0.25) is 0 Å². The highest BCUT2D eigenvalue weighted by Gasteiger charge is 2.49. The minimum atomic E-state index is -0.288. The first-order valence-electron chi connectivity index (χ1n) is 12.9. The highest BCUT2D eigenvalue weighted by molar-refractivity contribution is 5.72. The first-order valence-corrected chi connectivity index (χ1v) is 12.9. The molecule has 0 bridgehead atoms. The first kappa shape index (κ1) is 24.5. The number of nitrogens with zero attached hydrogens (tertiary/aromatic N) is 3. The van der Waals surface area contributed by atoms with Gasteiger partial charge in [-0.25, -0.2) is 14.6 Å². The van der Waals surface area contributed by atoms with Crippen molar-refractivity contribution >= 4 is 12.2 Å². The second-order valence-electron chi connectivity index (χ2n) is 10.7. The molecule has 4 unspecified atom stereocenters. The predicted octanol–water partition coefficient (Wildman–Crippen LogP) is 2.28. The number of fused-ring (bicyclic) bond motifs is 1. The number of rotatable bonds is 4. The number of hydrogen-bond acceptors (Lipinski definition) is 7. The molecule has 33 heavy (non-hydrogen) atoms. The van der Waals surface area contributed by atoms with Crippen LogP contribution in [0.15, 0.2) is 0 Å². The zero-order valence-electron chi connectivity index (χ0n) is 20.8. The van der Waals surface area contributed by atoms with Crippen molar-refractivity contribution in [1.82, 2.24) is 25.6 Å². The second-order valence-corrected chi connectivity index (χ2v) is 10.7. The molecule has 3 heterocycles. The smallest absolute Gasteiger partial charge is 0.410 e. The molecular weight excluding hydrogens is 422 g/mol. The Labute approximate surface area is 198 Å². The summed E-state index contributed by atoms with van der Waals surface area (Å²) < 4.78 is 10.7. The number of hydrazine groups is 1. The summed E-state index contributed by atoms with van der Waals surface area (Å²) in [4.78, 5) is 29.4. The molecule has 5 atom stereocenters. The standard InChI is InChI=1S/C24H43N5O4/c1-16(2)33-23(30)28-13-17(3)29(24(31)32-4)21-6-5-19(11-22(21)28)20-12-26-27(15-20)14-18-7-9-25-10-8-18/h16-22,25-26H,5-15H2,1-4H3/t17-,19?,20?,21?,22?/m0/s1. The van der Waals surface area contributed by atoms with E-state index in [-0.39, 0.29) is 36.4 Å².